The van der Waals surface area contributed by atoms with Crippen molar-refractivity contribution < 1.29 is 24.1 Å². The van der Waals surface area contributed by atoms with Crippen molar-refractivity contribution >= 4 is 17.0 Å². The first-order valence-corrected chi connectivity index (χ1v) is 15.8. The van der Waals surface area contributed by atoms with Crippen molar-refractivity contribution in [1.29, 1.82) is 0 Å². The lowest BCUT2D eigenvalue weighted by molar-refractivity contribution is -0.0587. The van der Waals surface area contributed by atoms with Crippen LogP contribution in [0.4, 0.5) is 4.79 Å². The second-order valence-electron chi connectivity index (χ2n) is 12.7. The fourth-order valence-corrected chi connectivity index (χ4v) is 6.95. The summed E-state index contributed by atoms with van der Waals surface area (Å²) in [6.45, 7) is 4.25. The highest BCUT2D eigenvalue weighted by Gasteiger charge is 2.49. The summed E-state index contributed by atoms with van der Waals surface area (Å²) in [4.78, 5) is 17.6. The van der Waals surface area contributed by atoms with Gasteiger partial charge in [-0.2, -0.15) is 10.1 Å². The van der Waals surface area contributed by atoms with Crippen LogP contribution in [-0.2, 0) is 20.3 Å². The van der Waals surface area contributed by atoms with Crippen molar-refractivity contribution in [3.8, 4) is 28.8 Å². The zero-order chi connectivity index (χ0) is 31.7. The number of likely N-dealkylation sites (tertiary alicyclic amines) is 1. The molecule has 2 aromatic heterocycles. The highest BCUT2D eigenvalue weighted by atomic mass is 16.5. The molecule has 9 nitrogen and oxygen atoms in total. The highest BCUT2D eigenvalue weighted by Crippen LogP contribution is 2.47. The number of hydrogen-bond acceptors (Lipinski definition) is 6. The summed E-state index contributed by atoms with van der Waals surface area (Å²) in [5.41, 5.74) is 4.71. The summed E-state index contributed by atoms with van der Waals surface area (Å²) in [5, 5.41) is 15.2. The zero-order valence-electron chi connectivity index (χ0n) is 26.1. The Balaban J connectivity index is 1.12. The summed E-state index contributed by atoms with van der Waals surface area (Å²) in [6, 6.07) is 30.0. The summed E-state index contributed by atoms with van der Waals surface area (Å²) >= 11 is 0. The normalized spacial score (nSPS) is 18.7. The lowest BCUT2D eigenvalue weighted by atomic mass is 9.64. The van der Waals surface area contributed by atoms with Gasteiger partial charge in [0.05, 0.1) is 11.1 Å². The molecule has 1 spiro atoms. The zero-order valence-corrected chi connectivity index (χ0v) is 26.1. The fraction of sp³-hybridized carbons (Fsp3) is 0.324. The smallest absolute Gasteiger partial charge is 0.407 e. The lowest BCUT2D eigenvalue weighted by Crippen LogP contribution is -2.60. The molecule has 2 atom stereocenters. The van der Waals surface area contributed by atoms with Gasteiger partial charge in [-0.15, -0.1) is 0 Å². The van der Waals surface area contributed by atoms with Gasteiger partial charge in [-0.3, -0.25) is 4.68 Å². The van der Waals surface area contributed by atoms with E-state index in [-0.39, 0.29) is 11.5 Å². The average molecular weight is 619 g/mol. The van der Waals surface area contributed by atoms with Crippen LogP contribution in [0, 0.1) is 11.3 Å². The molecule has 1 N–H and O–H groups in total. The molecule has 0 unspecified atom stereocenters. The Morgan fingerprint density at radius 1 is 0.935 bits per heavy atom. The van der Waals surface area contributed by atoms with E-state index in [1.807, 2.05) is 96.7 Å². The Kier molecular flexibility index (Phi) is 7.98. The van der Waals surface area contributed by atoms with Crippen LogP contribution in [-0.4, -0.2) is 50.1 Å². The molecule has 3 heterocycles. The highest BCUT2D eigenvalue weighted by molar-refractivity contribution is 5.95. The molecule has 2 aliphatic rings. The Labute approximate surface area is 268 Å². The number of carbonyl (C=O) groups is 1. The molecule has 236 valence electrons. The van der Waals surface area contributed by atoms with Crippen LogP contribution in [0.2, 0.25) is 0 Å². The third-order valence-electron chi connectivity index (χ3n) is 9.32. The average Bonchev–Trinajstić information content (AvgIpc) is 3.38. The van der Waals surface area contributed by atoms with Crippen molar-refractivity contribution in [2.75, 3.05) is 13.1 Å². The van der Waals surface area contributed by atoms with Gasteiger partial charge in [-0.25, -0.2) is 4.79 Å². The summed E-state index contributed by atoms with van der Waals surface area (Å²) in [6.07, 6.45) is 2.13. The van der Waals surface area contributed by atoms with E-state index in [9.17, 15) is 9.90 Å². The van der Waals surface area contributed by atoms with Gasteiger partial charge >= 0.3 is 6.09 Å². The van der Waals surface area contributed by atoms with Crippen LogP contribution >= 0.6 is 0 Å². The number of benzene rings is 3. The van der Waals surface area contributed by atoms with Crippen molar-refractivity contribution in [1.82, 2.24) is 19.7 Å². The van der Waals surface area contributed by atoms with E-state index in [1.54, 1.807) is 0 Å². The van der Waals surface area contributed by atoms with Gasteiger partial charge in [0.2, 0.25) is 11.8 Å². The Bertz CT molecular complexity index is 1840. The maximum Gasteiger partial charge on any atom is 0.407 e. The number of pyridine rings is 1. The minimum absolute atomic E-state index is 0.0836. The van der Waals surface area contributed by atoms with Gasteiger partial charge in [-0.1, -0.05) is 67.6 Å². The lowest BCUT2D eigenvalue weighted by Gasteiger charge is -2.53. The maximum atomic E-state index is 11.3. The fourth-order valence-electron chi connectivity index (χ4n) is 6.95. The third kappa shape index (κ3) is 6.09. The first-order valence-electron chi connectivity index (χ1n) is 15.8. The van der Waals surface area contributed by atoms with E-state index in [4.69, 9.17) is 24.3 Å². The van der Waals surface area contributed by atoms with Gasteiger partial charge in [0.1, 0.15) is 30.8 Å². The number of hydrogen-bond donors (Lipinski definition) is 1. The van der Waals surface area contributed by atoms with E-state index in [1.165, 1.54) is 4.90 Å². The predicted octanol–water partition coefficient (Wildman–Crippen LogP) is 7.34. The number of amides is 1. The van der Waals surface area contributed by atoms with Gasteiger partial charge in [0.15, 0.2) is 0 Å². The molecule has 0 radical (unpaired) electrons. The van der Waals surface area contributed by atoms with Gasteiger partial charge in [-0.05, 0) is 54.5 Å². The van der Waals surface area contributed by atoms with Crippen molar-refractivity contribution in [3.05, 3.63) is 102 Å². The summed E-state index contributed by atoms with van der Waals surface area (Å²) in [7, 11) is 1.93. The topological polar surface area (TPSA) is 98.9 Å². The first-order chi connectivity index (χ1) is 22.4. The first kappa shape index (κ1) is 29.6. The van der Waals surface area contributed by atoms with Crippen molar-refractivity contribution in [2.24, 2.45) is 18.4 Å². The number of rotatable bonds is 9. The van der Waals surface area contributed by atoms with E-state index in [0.29, 0.717) is 44.0 Å². The predicted molar refractivity (Wildman–Crippen MR) is 175 cm³/mol. The van der Waals surface area contributed by atoms with Gasteiger partial charge in [0.25, 0.3) is 0 Å². The Morgan fingerprint density at radius 3 is 2.30 bits per heavy atom. The molecule has 9 heteroatoms. The van der Waals surface area contributed by atoms with Gasteiger partial charge in [0, 0.05) is 43.1 Å². The molecule has 1 amide bonds. The van der Waals surface area contributed by atoms with Crippen LogP contribution in [0.5, 0.6) is 17.5 Å². The van der Waals surface area contributed by atoms with Crippen LogP contribution in [0.1, 0.15) is 37.3 Å². The minimum atomic E-state index is -0.821. The van der Waals surface area contributed by atoms with Crippen molar-refractivity contribution in [3.63, 3.8) is 0 Å². The Hall–Kier alpha value is -5.05. The van der Waals surface area contributed by atoms with Crippen LogP contribution in [0.25, 0.3) is 22.2 Å². The molecular formula is C37H38N4O5. The number of nitrogens with zero attached hydrogens (tertiary/aromatic N) is 4. The SMILES string of the molecule is C[C@H]1CC2(CC[C@H]1Oc1ccc3c(-c4ccc(OCc5ccccc5)nc4OCc4ccccc4)nn(C)c3c1)CN(C(=O)O)C2. The molecule has 1 saturated heterocycles. The van der Waals surface area contributed by atoms with Crippen LogP contribution < -0.4 is 14.2 Å². The molecule has 1 aliphatic heterocycles. The standard InChI is InChI=1S/C37H38N4O5/c1-25-20-37(23-41(24-37)36(42)43)18-17-32(25)46-28-13-14-29-31(19-28)40(2)39-34(29)30-15-16-33(44-21-26-9-5-3-6-10-26)38-35(30)45-22-27-11-7-4-8-12-27/h3-16,19,25,32H,17-18,20-24H2,1-2H3,(H,42,43)/t25-,32+/m0/s1. The molecule has 3 aromatic carbocycles. The third-order valence-corrected chi connectivity index (χ3v) is 9.32. The second-order valence-corrected chi connectivity index (χ2v) is 12.7. The van der Waals surface area contributed by atoms with Crippen molar-refractivity contribution in [2.45, 2.75) is 45.5 Å². The molecule has 1 saturated carbocycles. The van der Waals surface area contributed by atoms with E-state index in [0.717, 1.165) is 58.3 Å². The van der Waals surface area contributed by atoms with Gasteiger partial charge < -0.3 is 24.2 Å². The number of fused-ring (bicyclic) bond motifs is 1. The molecule has 46 heavy (non-hydrogen) atoms. The molecular weight excluding hydrogens is 580 g/mol. The minimum Gasteiger partial charge on any atom is -0.490 e. The summed E-state index contributed by atoms with van der Waals surface area (Å²) < 4.78 is 20.8. The summed E-state index contributed by atoms with van der Waals surface area (Å²) in [5.74, 6) is 2.07. The molecule has 7 rings (SSSR count). The molecule has 2 fully saturated rings. The number of ether oxygens (including phenoxy) is 3. The maximum absolute atomic E-state index is 11.3. The number of aryl methyl sites for hydroxylation is 1. The van der Waals surface area contributed by atoms with Crippen LogP contribution in [0.15, 0.2) is 91.0 Å². The number of aromatic nitrogens is 3. The van der Waals surface area contributed by atoms with E-state index in [2.05, 4.69) is 13.0 Å². The van der Waals surface area contributed by atoms with E-state index < -0.39 is 6.09 Å². The quantitative estimate of drug-likeness (QED) is 0.185. The molecule has 0 bridgehead atoms. The van der Waals surface area contributed by atoms with E-state index >= 15 is 0 Å². The molecule has 5 aromatic rings. The Morgan fingerprint density at radius 2 is 1.63 bits per heavy atom. The van der Waals surface area contributed by atoms with Crippen LogP contribution in [0.3, 0.4) is 0 Å². The monoisotopic (exact) mass is 618 g/mol. The second kappa shape index (κ2) is 12.4. The number of carboxylic acid groups (broad SMARTS) is 1. The largest absolute Gasteiger partial charge is 0.490 e. The molecule has 1 aliphatic carbocycles.